The van der Waals surface area contributed by atoms with E-state index >= 15 is 0 Å². The van der Waals surface area contributed by atoms with Crippen molar-refractivity contribution in [1.82, 2.24) is 4.72 Å². The number of nitrogens with one attached hydrogen (secondary N) is 1. The summed E-state index contributed by atoms with van der Waals surface area (Å²) < 4.78 is 45.5. The molecule has 1 aromatic carbocycles. The molecule has 0 aliphatic rings. The minimum Gasteiger partial charge on any atom is -0.465 e. The van der Waals surface area contributed by atoms with Crippen molar-refractivity contribution in [2.75, 3.05) is 0 Å². The molecule has 1 atom stereocenters. The Morgan fingerprint density at radius 3 is 2.45 bits per heavy atom. The van der Waals surface area contributed by atoms with Gasteiger partial charge in [-0.05, 0) is 56.7 Å². The molecular weight excluding hydrogens is 281 g/mol. The number of benzene rings is 1. The minimum atomic E-state index is -3.72. The van der Waals surface area contributed by atoms with E-state index in [1.165, 1.54) is 12.1 Å². The second-order valence-corrected chi connectivity index (χ2v) is 6.38. The molecule has 4 nitrogen and oxygen atoms in total. The molecule has 1 aromatic heterocycles. The van der Waals surface area contributed by atoms with E-state index in [0.717, 1.165) is 6.07 Å². The van der Waals surface area contributed by atoms with Gasteiger partial charge < -0.3 is 4.42 Å². The van der Waals surface area contributed by atoms with Crippen molar-refractivity contribution >= 4 is 10.0 Å². The Hall–Kier alpha value is -1.66. The number of aryl methyl sites for hydroxylation is 2. The number of sulfonamides is 1. The maximum Gasteiger partial charge on any atom is 0.241 e. The molecule has 0 aliphatic carbocycles. The van der Waals surface area contributed by atoms with Crippen LogP contribution in [0.3, 0.4) is 0 Å². The quantitative estimate of drug-likeness (QED) is 0.943. The second-order valence-electron chi connectivity index (χ2n) is 4.70. The predicted octanol–water partition coefficient (Wildman–Crippen LogP) is 3.08. The van der Waals surface area contributed by atoms with Crippen molar-refractivity contribution in [2.45, 2.75) is 31.7 Å². The van der Waals surface area contributed by atoms with Gasteiger partial charge in [-0.15, -0.1) is 0 Å². The van der Waals surface area contributed by atoms with Crippen molar-refractivity contribution in [3.63, 3.8) is 0 Å². The Morgan fingerprint density at radius 1 is 1.20 bits per heavy atom. The maximum atomic E-state index is 13.0. The summed E-state index contributed by atoms with van der Waals surface area (Å²) in [6.45, 7) is 5.03. The van der Waals surface area contributed by atoms with E-state index in [9.17, 15) is 12.8 Å². The first-order chi connectivity index (χ1) is 9.29. The van der Waals surface area contributed by atoms with Crippen molar-refractivity contribution in [3.8, 4) is 0 Å². The average molecular weight is 297 g/mol. The Balaban J connectivity index is 2.27. The highest BCUT2D eigenvalue weighted by molar-refractivity contribution is 7.89. The van der Waals surface area contributed by atoms with E-state index in [1.807, 2.05) is 0 Å². The lowest BCUT2D eigenvalue weighted by Crippen LogP contribution is -2.27. The van der Waals surface area contributed by atoms with Gasteiger partial charge in [-0.1, -0.05) is 0 Å². The summed E-state index contributed by atoms with van der Waals surface area (Å²) in [6, 6.07) is 6.56. The van der Waals surface area contributed by atoms with E-state index in [0.29, 0.717) is 17.1 Å². The Morgan fingerprint density at radius 2 is 1.90 bits per heavy atom. The fraction of sp³-hybridized carbons (Fsp3) is 0.286. The summed E-state index contributed by atoms with van der Waals surface area (Å²) in [5.41, 5.74) is 0.361. The van der Waals surface area contributed by atoms with Crippen molar-refractivity contribution in [2.24, 2.45) is 0 Å². The zero-order valence-corrected chi connectivity index (χ0v) is 12.3. The largest absolute Gasteiger partial charge is 0.465 e. The van der Waals surface area contributed by atoms with Gasteiger partial charge in [-0.3, -0.25) is 0 Å². The SMILES string of the molecule is Cc1ccc(C(C)NS(=O)(=O)c2ccc(F)cc2C)o1. The van der Waals surface area contributed by atoms with Crippen LogP contribution in [-0.4, -0.2) is 8.42 Å². The van der Waals surface area contributed by atoms with Gasteiger partial charge in [0.1, 0.15) is 17.3 Å². The second kappa shape index (κ2) is 5.38. The van der Waals surface area contributed by atoms with Gasteiger partial charge in [0, 0.05) is 0 Å². The van der Waals surface area contributed by atoms with E-state index in [2.05, 4.69) is 4.72 Å². The first-order valence-electron chi connectivity index (χ1n) is 6.14. The number of hydrogen-bond acceptors (Lipinski definition) is 3. The molecule has 0 spiro atoms. The minimum absolute atomic E-state index is 0.0639. The highest BCUT2D eigenvalue weighted by Gasteiger charge is 2.22. The van der Waals surface area contributed by atoms with E-state index in [-0.39, 0.29) is 4.90 Å². The van der Waals surface area contributed by atoms with Crippen LogP contribution in [-0.2, 0) is 10.0 Å². The lowest BCUT2D eigenvalue weighted by atomic mass is 10.2. The number of hydrogen-bond donors (Lipinski definition) is 1. The summed E-state index contributed by atoms with van der Waals surface area (Å²) >= 11 is 0. The van der Waals surface area contributed by atoms with Crippen LogP contribution in [0.15, 0.2) is 39.6 Å². The zero-order valence-electron chi connectivity index (χ0n) is 11.5. The van der Waals surface area contributed by atoms with Crippen LogP contribution in [0.4, 0.5) is 4.39 Å². The summed E-state index contributed by atoms with van der Waals surface area (Å²) in [5.74, 6) is 0.783. The van der Waals surface area contributed by atoms with Crippen LogP contribution in [0.1, 0.15) is 30.0 Å². The van der Waals surface area contributed by atoms with Gasteiger partial charge in [0.05, 0.1) is 10.9 Å². The third-order valence-electron chi connectivity index (χ3n) is 2.95. The Labute approximate surface area is 117 Å². The van der Waals surface area contributed by atoms with Crippen molar-refractivity contribution in [1.29, 1.82) is 0 Å². The highest BCUT2D eigenvalue weighted by Crippen LogP contribution is 2.21. The van der Waals surface area contributed by atoms with Gasteiger partial charge in [-0.25, -0.2) is 17.5 Å². The van der Waals surface area contributed by atoms with Crippen LogP contribution in [0.2, 0.25) is 0 Å². The van der Waals surface area contributed by atoms with E-state index in [1.54, 1.807) is 32.9 Å². The van der Waals surface area contributed by atoms with Gasteiger partial charge >= 0.3 is 0 Å². The summed E-state index contributed by atoms with van der Waals surface area (Å²) in [6.07, 6.45) is 0. The maximum absolute atomic E-state index is 13.0. The first kappa shape index (κ1) is 14.7. The first-order valence-corrected chi connectivity index (χ1v) is 7.63. The molecule has 108 valence electrons. The normalized spacial score (nSPS) is 13.4. The molecule has 0 saturated carbocycles. The smallest absolute Gasteiger partial charge is 0.241 e. The molecule has 0 aliphatic heterocycles. The van der Waals surface area contributed by atoms with Crippen LogP contribution in [0.5, 0.6) is 0 Å². The van der Waals surface area contributed by atoms with Crippen LogP contribution >= 0.6 is 0 Å². The molecule has 20 heavy (non-hydrogen) atoms. The molecule has 1 unspecified atom stereocenters. The van der Waals surface area contributed by atoms with Crippen molar-refractivity contribution in [3.05, 3.63) is 53.2 Å². The van der Waals surface area contributed by atoms with Crippen LogP contribution < -0.4 is 4.72 Å². The molecule has 6 heteroatoms. The van der Waals surface area contributed by atoms with E-state index < -0.39 is 21.9 Å². The topological polar surface area (TPSA) is 59.3 Å². The van der Waals surface area contributed by atoms with Gasteiger partial charge in [0.25, 0.3) is 0 Å². The summed E-state index contributed by atoms with van der Waals surface area (Å²) in [7, 11) is -3.72. The fourth-order valence-electron chi connectivity index (χ4n) is 1.95. The van der Waals surface area contributed by atoms with Crippen LogP contribution in [0, 0.1) is 19.7 Å². The molecule has 0 radical (unpaired) electrons. The molecule has 0 saturated heterocycles. The van der Waals surface area contributed by atoms with Gasteiger partial charge in [0.2, 0.25) is 10.0 Å². The zero-order chi connectivity index (χ0) is 14.9. The molecule has 2 rings (SSSR count). The fourth-order valence-corrected chi connectivity index (χ4v) is 3.39. The molecule has 1 heterocycles. The third kappa shape index (κ3) is 3.08. The number of rotatable bonds is 4. The number of furan rings is 1. The summed E-state index contributed by atoms with van der Waals surface area (Å²) in [4.78, 5) is 0.0639. The molecular formula is C14H16FNO3S. The lowest BCUT2D eigenvalue weighted by molar-refractivity contribution is 0.441. The Kier molecular flexibility index (Phi) is 3.96. The third-order valence-corrected chi connectivity index (χ3v) is 4.65. The Bertz CT molecular complexity index is 722. The number of halogens is 1. The highest BCUT2D eigenvalue weighted by atomic mass is 32.2. The average Bonchev–Trinajstić information content (AvgIpc) is 2.74. The standard InChI is InChI=1S/C14H16FNO3S/c1-9-8-12(15)5-7-14(9)20(17,18)16-11(3)13-6-4-10(2)19-13/h4-8,11,16H,1-3H3. The van der Waals surface area contributed by atoms with Crippen molar-refractivity contribution < 1.29 is 17.2 Å². The van der Waals surface area contributed by atoms with E-state index in [4.69, 9.17) is 4.42 Å². The lowest BCUT2D eigenvalue weighted by Gasteiger charge is -2.13. The predicted molar refractivity (Wildman–Crippen MR) is 73.3 cm³/mol. The molecule has 2 aromatic rings. The van der Waals surface area contributed by atoms with Crippen LogP contribution in [0.25, 0.3) is 0 Å². The molecule has 1 N–H and O–H groups in total. The summed E-state index contributed by atoms with van der Waals surface area (Å²) in [5, 5.41) is 0. The molecule has 0 bridgehead atoms. The van der Waals surface area contributed by atoms with Gasteiger partial charge in [0.15, 0.2) is 0 Å². The monoisotopic (exact) mass is 297 g/mol. The molecule has 0 amide bonds. The molecule has 0 fully saturated rings. The van der Waals surface area contributed by atoms with Gasteiger partial charge in [-0.2, -0.15) is 0 Å².